The van der Waals surface area contributed by atoms with Crippen molar-refractivity contribution in [2.45, 2.75) is 6.10 Å². The van der Waals surface area contributed by atoms with Crippen LogP contribution in [0.3, 0.4) is 0 Å². The number of benzene rings is 2. The minimum absolute atomic E-state index is 0.0292. The summed E-state index contributed by atoms with van der Waals surface area (Å²) < 4.78 is 51.1. The summed E-state index contributed by atoms with van der Waals surface area (Å²) in [5, 5.41) is 10.2. The largest absolute Gasteiger partial charge is 0.485 e. The molecule has 9 heteroatoms. The van der Waals surface area contributed by atoms with Crippen LogP contribution >= 0.6 is 15.9 Å². The van der Waals surface area contributed by atoms with E-state index >= 15 is 0 Å². The summed E-state index contributed by atoms with van der Waals surface area (Å²) in [6.07, 6.45) is -0.677. The fourth-order valence-electron chi connectivity index (χ4n) is 3.28. The Morgan fingerprint density at radius 3 is 2.23 bits per heavy atom. The van der Waals surface area contributed by atoms with Gasteiger partial charge in [-0.05, 0) is 36.4 Å². The lowest BCUT2D eigenvalue weighted by Crippen LogP contribution is -2.49. The van der Waals surface area contributed by atoms with Crippen molar-refractivity contribution in [1.29, 1.82) is 0 Å². The number of anilines is 1. The summed E-state index contributed by atoms with van der Waals surface area (Å²) in [5.41, 5.74) is 0.985. The predicted octanol–water partition coefficient (Wildman–Crippen LogP) is 3.44. The van der Waals surface area contributed by atoms with E-state index in [9.17, 15) is 18.3 Å². The standard InChI is InChI=1S/C21H24BrF3N2O3/c22-15-11-19(24)21(20(25)12-15)30-10-9-29-14-18(28)13-26-5-7-27(8-6-26)17-3-1-16(23)2-4-17/h1-4,11-12,18,28H,5-10,13-14H2. The van der Waals surface area contributed by atoms with Crippen LogP contribution in [0.15, 0.2) is 40.9 Å². The number of rotatable bonds is 9. The van der Waals surface area contributed by atoms with Crippen LogP contribution in [0.2, 0.25) is 0 Å². The summed E-state index contributed by atoms with van der Waals surface area (Å²) in [6, 6.07) is 8.68. The maximum Gasteiger partial charge on any atom is 0.190 e. The van der Waals surface area contributed by atoms with Gasteiger partial charge in [-0.2, -0.15) is 0 Å². The fraction of sp³-hybridized carbons (Fsp3) is 0.429. The Balaban J connectivity index is 1.31. The molecule has 1 unspecified atom stereocenters. The van der Waals surface area contributed by atoms with Crippen molar-refractivity contribution in [2.75, 3.05) is 57.4 Å². The highest BCUT2D eigenvalue weighted by Gasteiger charge is 2.19. The van der Waals surface area contributed by atoms with Crippen molar-refractivity contribution >= 4 is 21.6 Å². The SMILES string of the molecule is OC(COCCOc1c(F)cc(Br)cc1F)CN1CCN(c2ccc(F)cc2)CC1. The molecule has 0 radical (unpaired) electrons. The second-order valence-electron chi connectivity index (χ2n) is 7.04. The molecular weight excluding hydrogens is 465 g/mol. The number of nitrogens with zero attached hydrogens (tertiary/aromatic N) is 2. The minimum atomic E-state index is -0.790. The average molecular weight is 489 g/mol. The second kappa shape index (κ2) is 11.0. The van der Waals surface area contributed by atoms with E-state index in [2.05, 4.69) is 25.7 Å². The molecule has 2 aromatic carbocycles. The van der Waals surface area contributed by atoms with E-state index in [0.717, 1.165) is 44.0 Å². The normalized spacial score (nSPS) is 16.0. The van der Waals surface area contributed by atoms with Gasteiger partial charge in [-0.3, -0.25) is 4.90 Å². The van der Waals surface area contributed by atoms with Crippen molar-refractivity contribution in [3.05, 3.63) is 58.3 Å². The van der Waals surface area contributed by atoms with Crippen LogP contribution in [0.25, 0.3) is 0 Å². The van der Waals surface area contributed by atoms with Crippen LogP contribution < -0.4 is 9.64 Å². The third-order valence-corrected chi connectivity index (χ3v) is 5.24. The lowest BCUT2D eigenvalue weighted by atomic mass is 10.2. The lowest BCUT2D eigenvalue weighted by molar-refractivity contribution is 0.00655. The minimum Gasteiger partial charge on any atom is -0.485 e. The highest BCUT2D eigenvalue weighted by Crippen LogP contribution is 2.25. The molecule has 0 spiro atoms. The fourth-order valence-corrected chi connectivity index (χ4v) is 3.68. The van der Waals surface area contributed by atoms with Crippen LogP contribution in [0.5, 0.6) is 5.75 Å². The van der Waals surface area contributed by atoms with Crippen molar-refractivity contribution in [3.8, 4) is 5.75 Å². The first-order valence-corrected chi connectivity index (χ1v) is 10.5. The zero-order valence-electron chi connectivity index (χ0n) is 16.4. The monoisotopic (exact) mass is 488 g/mol. The molecule has 5 nitrogen and oxygen atoms in total. The number of β-amino-alcohol motifs (C(OH)–C–C–N with tert-alkyl or cyclic N) is 1. The van der Waals surface area contributed by atoms with Crippen LogP contribution in [-0.4, -0.2) is 68.7 Å². The van der Waals surface area contributed by atoms with Crippen LogP contribution in [0, 0.1) is 17.5 Å². The molecule has 1 atom stereocenters. The van der Waals surface area contributed by atoms with Crippen molar-refractivity contribution in [1.82, 2.24) is 4.90 Å². The van der Waals surface area contributed by atoms with Gasteiger partial charge in [0.15, 0.2) is 17.4 Å². The summed E-state index contributed by atoms with van der Waals surface area (Å²) in [6.45, 7) is 3.78. The summed E-state index contributed by atoms with van der Waals surface area (Å²) >= 11 is 3.01. The number of ether oxygens (including phenoxy) is 2. The quantitative estimate of drug-likeness (QED) is 0.547. The predicted molar refractivity (Wildman–Crippen MR) is 111 cm³/mol. The number of aliphatic hydroxyl groups is 1. The number of aliphatic hydroxyl groups excluding tert-OH is 1. The molecule has 0 bridgehead atoms. The molecule has 1 fully saturated rings. The Bertz CT molecular complexity index is 795. The van der Waals surface area contributed by atoms with E-state index < -0.39 is 23.5 Å². The molecule has 3 rings (SSSR count). The van der Waals surface area contributed by atoms with E-state index in [1.165, 1.54) is 12.1 Å². The average Bonchev–Trinajstić information content (AvgIpc) is 2.70. The van der Waals surface area contributed by atoms with Crippen LogP contribution in [0.1, 0.15) is 0 Å². The molecule has 164 valence electrons. The van der Waals surface area contributed by atoms with Gasteiger partial charge < -0.3 is 19.5 Å². The van der Waals surface area contributed by atoms with E-state index in [0.29, 0.717) is 11.0 Å². The molecule has 1 N–H and O–H groups in total. The third-order valence-electron chi connectivity index (χ3n) is 4.78. The Kier molecular flexibility index (Phi) is 8.38. The Hall–Kier alpha value is -1.81. The van der Waals surface area contributed by atoms with Crippen molar-refractivity contribution in [3.63, 3.8) is 0 Å². The van der Waals surface area contributed by atoms with Gasteiger partial charge in [0, 0.05) is 42.9 Å². The second-order valence-corrected chi connectivity index (χ2v) is 7.96. The van der Waals surface area contributed by atoms with Gasteiger partial charge in [0.05, 0.1) is 19.3 Å². The number of hydrogen-bond donors (Lipinski definition) is 1. The number of piperazine rings is 1. The molecule has 0 aromatic heterocycles. The highest BCUT2D eigenvalue weighted by atomic mass is 79.9. The van der Waals surface area contributed by atoms with Gasteiger partial charge in [0.1, 0.15) is 12.4 Å². The molecule has 1 heterocycles. The number of hydrogen-bond acceptors (Lipinski definition) is 5. The van der Waals surface area contributed by atoms with Gasteiger partial charge in [-0.1, -0.05) is 15.9 Å². The molecule has 0 saturated carbocycles. The van der Waals surface area contributed by atoms with Gasteiger partial charge >= 0.3 is 0 Å². The lowest BCUT2D eigenvalue weighted by Gasteiger charge is -2.36. The molecule has 1 saturated heterocycles. The van der Waals surface area contributed by atoms with E-state index in [1.807, 2.05) is 0 Å². The first-order chi connectivity index (χ1) is 14.4. The van der Waals surface area contributed by atoms with Gasteiger partial charge in [-0.15, -0.1) is 0 Å². The Labute approximate surface area is 182 Å². The van der Waals surface area contributed by atoms with E-state index in [4.69, 9.17) is 9.47 Å². The molecule has 0 aliphatic carbocycles. The van der Waals surface area contributed by atoms with Crippen molar-refractivity contribution in [2.24, 2.45) is 0 Å². The Morgan fingerprint density at radius 2 is 1.60 bits per heavy atom. The summed E-state index contributed by atoms with van der Waals surface area (Å²) in [4.78, 5) is 4.31. The molecular formula is C21H24BrF3N2O3. The summed E-state index contributed by atoms with van der Waals surface area (Å²) in [7, 11) is 0. The maximum atomic E-state index is 13.7. The van der Waals surface area contributed by atoms with E-state index in [-0.39, 0.29) is 25.6 Å². The van der Waals surface area contributed by atoms with Gasteiger partial charge in [0.25, 0.3) is 0 Å². The number of halogens is 4. The van der Waals surface area contributed by atoms with Gasteiger partial charge in [-0.25, -0.2) is 13.2 Å². The first-order valence-electron chi connectivity index (χ1n) is 9.68. The van der Waals surface area contributed by atoms with Crippen molar-refractivity contribution < 1.29 is 27.8 Å². The Morgan fingerprint density at radius 1 is 0.967 bits per heavy atom. The zero-order valence-corrected chi connectivity index (χ0v) is 18.0. The topological polar surface area (TPSA) is 45.2 Å². The molecule has 1 aliphatic heterocycles. The first kappa shape index (κ1) is 22.9. The molecule has 30 heavy (non-hydrogen) atoms. The van der Waals surface area contributed by atoms with E-state index in [1.54, 1.807) is 12.1 Å². The maximum absolute atomic E-state index is 13.7. The smallest absolute Gasteiger partial charge is 0.190 e. The van der Waals surface area contributed by atoms with Crippen LogP contribution in [-0.2, 0) is 4.74 Å². The third kappa shape index (κ3) is 6.60. The molecule has 2 aromatic rings. The zero-order chi connectivity index (χ0) is 21.5. The molecule has 0 amide bonds. The molecule has 1 aliphatic rings. The van der Waals surface area contributed by atoms with Gasteiger partial charge in [0.2, 0.25) is 0 Å². The highest BCUT2D eigenvalue weighted by molar-refractivity contribution is 9.10. The van der Waals surface area contributed by atoms with Crippen LogP contribution in [0.4, 0.5) is 18.9 Å². The summed E-state index contributed by atoms with van der Waals surface area (Å²) in [5.74, 6) is -2.28.